The number of nitrogens with one attached hydrogen (secondary N) is 1. The Morgan fingerprint density at radius 2 is 2.00 bits per heavy atom. The van der Waals surface area contributed by atoms with E-state index < -0.39 is 10.1 Å². The van der Waals surface area contributed by atoms with E-state index in [1.165, 1.54) is 0 Å². The molecule has 1 atom stereocenters. The molecule has 0 heterocycles. The zero-order valence-corrected chi connectivity index (χ0v) is 9.10. The normalized spacial score (nSPS) is 14.4. The van der Waals surface area contributed by atoms with Gasteiger partial charge in [0.15, 0.2) is 0 Å². The highest BCUT2D eigenvalue weighted by Gasteiger charge is 2.10. The van der Waals surface area contributed by atoms with Gasteiger partial charge in [-0.15, -0.1) is 0 Å². The minimum atomic E-state index is -3.83. The molecule has 0 bridgehead atoms. The van der Waals surface area contributed by atoms with E-state index in [0.717, 1.165) is 25.8 Å². The van der Waals surface area contributed by atoms with Gasteiger partial charge in [-0.1, -0.05) is 19.8 Å². The van der Waals surface area contributed by atoms with E-state index in [-0.39, 0.29) is 11.8 Å². The first-order valence-electron chi connectivity index (χ1n) is 4.64. The van der Waals surface area contributed by atoms with Crippen LogP contribution in [0.4, 0.5) is 0 Å². The van der Waals surface area contributed by atoms with Crippen LogP contribution in [-0.4, -0.2) is 31.3 Å². The van der Waals surface area contributed by atoms with Crippen LogP contribution >= 0.6 is 0 Å². The predicted molar refractivity (Wildman–Crippen MR) is 53.4 cm³/mol. The maximum absolute atomic E-state index is 10.4. The Bertz CT molecular complexity index is 213. The van der Waals surface area contributed by atoms with Crippen molar-refractivity contribution in [1.29, 1.82) is 0 Å². The molecule has 0 fully saturated rings. The molecule has 0 aromatic carbocycles. The van der Waals surface area contributed by atoms with Crippen molar-refractivity contribution in [2.45, 2.75) is 39.2 Å². The van der Waals surface area contributed by atoms with Crippen molar-refractivity contribution < 1.29 is 13.0 Å². The van der Waals surface area contributed by atoms with Gasteiger partial charge in [-0.05, 0) is 19.9 Å². The Balaban J connectivity index is 3.47. The average Bonchev–Trinajstić information content (AvgIpc) is 1.94. The minimum Gasteiger partial charge on any atom is -0.313 e. The molecule has 4 nitrogen and oxygen atoms in total. The van der Waals surface area contributed by atoms with Crippen LogP contribution in [0.2, 0.25) is 0 Å². The molecule has 1 unspecified atom stereocenters. The summed E-state index contributed by atoms with van der Waals surface area (Å²) >= 11 is 0. The number of hydrogen-bond donors (Lipinski definition) is 2. The van der Waals surface area contributed by atoms with Crippen LogP contribution in [0.15, 0.2) is 0 Å². The summed E-state index contributed by atoms with van der Waals surface area (Å²) in [7, 11) is -3.83. The number of hydrogen-bond acceptors (Lipinski definition) is 3. The van der Waals surface area contributed by atoms with Crippen LogP contribution in [0.25, 0.3) is 0 Å². The lowest BCUT2D eigenvalue weighted by Crippen LogP contribution is -2.33. The first kappa shape index (κ1) is 12.9. The molecule has 0 spiro atoms. The van der Waals surface area contributed by atoms with Gasteiger partial charge in [-0.3, -0.25) is 4.55 Å². The monoisotopic (exact) mass is 209 g/mol. The van der Waals surface area contributed by atoms with Crippen LogP contribution in [0.3, 0.4) is 0 Å². The van der Waals surface area contributed by atoms with Crippen LogP contribution in [-0.2, 0) is 10.1 Å². The molecule has 0 rings (SSSR count). The van der Waals surface area contributed by atoms with Gasteiger partial charge in [0, 0.05) is 6.04 Å². The summed E-state index contributed by atoms with van der Waals surface area (Å²) in [5.74, 6) is -0.209. The van der Waals surface area contributed by atoms with Crippen molar-refractivity contribution in [1.82, 2.24) is 5.32 Å². The Labute approximate surface area is 80.5 Å². The van der Waals surface area contributed by atoms with Gasteiger partial charge in [-0.2, -0.15) is 8.42 Å². The molecule has 0 amide bonds. The summed E-state index contributed by atoms with van der Waals surface area (Å²) in [6, 6.07) is -0.174. The summed E-state index contributed by atoms with van der Waals surface area (Å²) in [5, 5.41) is 3.03. The Morgan fingerprint density at radius 3 is 2.46 bits per heavy atom. The molecule has 0 radical (unpaired) electrons. The summed E-state index contributed by atoms with van der Waals surface area (Å²) < 4.78 is 29.4. The predicted octanol–water partition coefficient (Wildman–Crippen LogP) is 1.04. The number of rotatable bonds is 7. The molecule has 0 aromatic rings. The molecule has 13 heavy (non-hydrogen) atoms. The fourth-order valence-corrected chi connectivity index (χ4v) is 1.85. The van der Waals surface area contributed by atoms with Gasteiger partial charge in [0.2, 0.25) is 0 Å². The first-order valence-corrected chi connectivity index (χ1v) is 6.25. The van der Waals surface area contributed by atoms with Gasteiger partial charge in [0.05, 0.1) is 5.75 Å². The SMILES string of the molecule is CCCCCNC(C)CS(=O)(=O)O. The van der Waals surface area contributed by atoms with Crippen molar-refractivity contribution in [2.75, 3.05) is 12.3 Å². The zero-order chi connectivity index (χ0) is 10.3. The molecule has 0 aliphatic carbocycles. The number of unbranched alkanes of at least 4 members (excludes halogenated alkanes) is 2. The molecule has 0 aliphatic heterocycles. The highest BCUT2D eigenvalue weighted by molar-refractivity contribution is 7.85. The second kappa shape index (κ2) is 6.34. The fraction of sp³-hybridized carbons (Fsp3) is 1.00. The van der Waals surface area contributed by atoms with Crippen molar-refractivity contribution >= 4 is 10.1 Å². The quantitative estimate of drug-likeness (QED) is 0.486. The summed E-state index contributed by atoms with van der Waals surface area (Å²) in [4.78, 5) is 0. The summed E-state index contributed by atoms with van der Waals surface area (Å²) in [6.07, 6.45) is 3.34. The van der Waals surface area contributed by atoms with E-state index >= 15 is 0 Å². The Hall–Kier alpha value is -0.130. The van der Waals surface area contributed by atoms with Gasteiger partial charge >= 0.3 is 0 Å². The van der Waals surface area contributed by atoms with E-state index in [1.54, 1.807) is 6.92 Å². The molecule has 2 N–H and O–H groups in total. The third kappa shape index (κ3) is 9.79. The maximum Gasteiger partial charge on any atom is 0.266 e. The van der Waals surface area contributed by atoms with Crippen LogP contribution in [0.5, 0.6) is 0 Å². The molecule has 0 aliphatic rings. The summed E-state index contributed by atoms with van der Waals surface area (Å²) in [6.45, 7) is 4.67. The maximum atomic E-state index is 10.4. The topological polar surface area (TPSA) is 66.4 Å². The molecular formula is C8H19NO3S. The van der Waals surface area contributed by atoms with Crippen molar-refractivity contribution in [3.05, 3.63) is 0 Å². The lowest BCUT2D eigenvalue weighted by molar-refractivity contribution is 0.467. The van der Waals surface area contributed by atoms with Crippen LogP contribution in [0, 0.1) is 0 Å². The van der Waals surface area contributed by atoms with Crippen LogP contribution < -0.4 is 5.32 Å². The average molecular weight is 209 g/mol. The highest BCUT2D eigenvalue weighted by Crippen LogP contribution is 1.94. The van der Waals surface area contributed by atoms with E-state index in [2.05, 4.69) is 12.2 Å². The van der Waals surface area contributed by atoms with E-state index in [1.807, 2.05) is 0 Å². The van der Waals surface area contributed by atoms with Gasteiger partial charge in [-0.25, -0.2) is 0 Å². The third-order valence-electron chi connectivity index (χ3n) is 1.73. The molecule has 80 valence electrons. The van der Waals surface area contributed by atoms with Crippen molar-refractivity contribution in [2.24, 2.45) is 0 Å². The Morgan fingerprint density at radius 1 is 1.38 bits per heavy atom. The molecule has 5 heteroatoms. The molecule has 0 aromatic heterocycles. The first-order chi connectivity index (χ1) is 5.95. The molecule has 0 saturated carbocycles. The van der Waals surface area contributed by atoms with Crippen molar-refractivity contribution in [3.63, 3.8) is 0 Å². The third-order valence-corrected chi connectivity index (χ3v) is 2.65. The lowest BCUT2D eigenvalue weighted by Gasteiger charge is -2.11. The van der Waals surface area contributed by atoms with Crippen molar-refractivity contribution in [3.8, 4) is 0 Å². The van der Waals surface area contributed by atoms with Gasteiger partial charge in [0.1, 0.15) is 0 Å². The minimum absolute atomic E-state index is 0.174. The second-order valence-electron chi connectivity index (χ2n) is 3.31. The summed E-state index contributed by atoms with van der Waals surface area (Å²) in [5.41, 5.74) is 0. The lowest BCUT2D eigenvalue weighted by atomic mass is 10.2. The second-order valence-corrected chi connectivity index (χ2v) is 4.81. The van der Waals surface area contributed by atoms with E-state index in [4.69, 9.17) is 4.55 Å². The smallest absolute Gasteiger partial charge is 0.266 e. The van der Waals surface area contributed by atoms with Crippen LogP contribution in [0.1, 0.15) is 33.1 Å². The zero-order valence-electron chi connectivity index (χ0n) is 8.28. The molecular weight excluding hydrogens is 190 g/mol. The molecule has 0 saturated heterocycles. The Kier molecular flexibility index (Phi) is 6.28. The fourth-order valence-electron chi connectivity index (χ4n) is 1.10. The van der Waals surface area contributed by atoms with Gasteiger partial charge in [0.25, 0.3) is 10.1 Å². The highest BCUT2D eigenvalue weighted by atomic mass is 32.2. The van der Waals surface area contributed by atoms with Gasteiger partial charge < -0.3 is 5.32 Å². The standard InChI is InChI=1S/C8H19NO3S/c1-3-4-5-6-9-8(2)7-13(10,11)12/h8-9H,3-7H2,1-2H3,(H,10,11,12). The van der Waals surface area contributed by atoms with E-state index in [9.17, 15) is 8.42 Å². The van der Waals surface area contributed by atoms with E-state index in [0.29, 0.717) is 0 Å². The largest absolute Gasteiger partial charge is 0.313 e.